The van der Waals surface area contributed by atoms with Crippen LogP contribution in [0.25, 0.3) is 0 Å². The third kappa shape index (κ3) is 5.79. The first-order chi connectivity index (χ1) is 17.9. The molecule has 4 rings (SSSR count). The van der Waals surface area contributed by atoms with Gasteiger partial charge in [-0.05, 0) is 55.8 Å². The number of likely N-dealkylation sites (tertiary alicyclic amines) is 1. The summed E-state index contributed by atoms with van der Waals surface area (Å²) in [5.41, 5.74) is -2.59. The lowest BCUT2D eigenvalue weighted by Gasteiger charge is -2.48. The molecule has 2 aliphatic heterocycles. The Morgan fingerprint density at radius 1 is 1.11 bits per heavy atom. The van der Waals surface area contributed by atoms with E-state index in [0.717, 1.165) is 43.8 Å². The quantitative estimate of drug-likeness (QED) is 0.477. The van der Waals surface area contributed by atoms with Gasteiger partial charge in [0.15, 0.2) is 5.60 Å². The second-order valence-electron chi connectivity index (χ2n) is 10.3. The third-order valence-electron chi connectivity index (χ3n) is 7.83. The molecule has 0 aliphatic carbocycles. The van der Waals surface area contributed by atoms with Gasteiger partial charge < -0.3 is 14.8 Å². The van der Waals surface area contributed by atoms with E-state index in [0.29, 0.717) is 25.2 Å². The van der Waals surface area contributed by atoms with E-state index in [4.69, 9.17) is 0 Å². The molecule has 12 heteroatoms. The molecule has 3 unspecified atom stereocenters. The number of carbonyl (C=O) groups is 1. The van der Waals surface area contributed by atoms with Gasteiger partial charge in [-0.25, -0.2) is 8.42 Å². The van der Waals surface area contributed by atoms with E-state index < -0.39 is 21.8 Å². The van der Waals surface area contributed by atoms with Crippen molar-refractivity contribution in [3.8, 4) is 0 Å². The summed E-state index contributed by atoms with van der Waals surface area (Å²) in [4.78, 5) is 15.7. The number of sulfonamides is 1. The predicted molar refractivity (Wildman–Crippen MR) is 141 cm³/mol. The summed E-state index contributed by atoms with van der Waals surface area (Å²) in [5.74, 6) is 0. The van der Waals surface area contributed by atoms with E-state index in [9.17, 15) is 31.5 Å². The van der Waals surface area contributed by atoms with Crippen LogP contribution in [0, 0.1) is 0 Å². The largest absolute Gasteiger partial charge is 0.421 e. The van der Waals surface area contributed by atoms with Gasteiger partial charge in [0.25, 0.3) is 10.0 Å². The van der Waals surface area contributed by atoms with Crippen molar-refractivity contribution in [2.45, 2.75) is 73.6 Å². The number of anilines is 1. The SMILES string of the molecule is CC1CCCC(CC=O)N1C[C@H]1CN(S(=O)(=O)c2cccs2)CCN1c1ccc(C(C)(O)C(F)(F)F)cc1. The molecule has 0 spiro atoms. The van der Waals surface area contributed by atoms with Crippen LogP contribution in [0.15, 0.2) is 46.0 Å². The van der Waals surface area contributed by atoms with E-state index >= 15 is 0 Å². The van der Waals surface area contributed by atoms with Gasteiger partial charge in [0, 0.05) is 50.4 Å². The van der Waals surface area contributed by atoms with Crippen molar-refractivity contribution in [1.29, 1.82) is 0 Å². The lowest BCUT2D eigenvalue weighted by molar-refractivity contribution is -0.258. The monoisotopic (exact) mass is 573 g/mol. The first kappa shape index (κ1) is 29.0. The number of piperidine rings is 1. The molecular weight excluding hydrogens is 539 g/mol. The first-order valence-corrected chi connectivity index (χ1v) is 15.1. The average Bonchev–Trinajstić information content (AvgIpc) is 3.42. The zero-order valence-electron chi connectivity index (χ0n) is 21.5. The van der Waals surface area contributed by atoms with Crippen LogP contribution in [0.2, 0.25) is 0 Å². The molecule has 0 amide bonds. The number of benzene rings is 1. The molecule has 38 heavy (non-hydrogen) atoms. The van der Waals surface area contributed by atoms with Crippen LogP contribution < -0.4 is 4.90 Å². The van der Waals surface area contributed by atoms with E-state index in [2.05, 4.69) is 11.8 Å². The number of thiophene rings is 1. The summed E-state index contributed by atoms with van der Waals surface area (Å²) < 4.78 is 68.5. The van der Waals surface area contributed by atoms with Crippen LogP contribution in [0.4, 0.5) is 18.9 Å². The van der Waals surface area contributed by atoms with Crippen molar-refractivity contribution in [3.63, 3.8) is 0 Å². The van der Waals surface area contributed by atoms with E-state index in [-0.39, 0.29) is 41.0 Å². The van der Waals surface area contributed by atoms with Gasteiger partial charge in [-0.15, -0.1) is 11.3 Å². The van der Waals surface area contributed by atoms with Crippen molar-refractivity contribution < 1.29 is 31.5 Å². The maximum absolute atomic E-state index is 13.4. The average molecular weight is 574 g/mol. The number of piperazine rings is 1. The molecule has 210 valence electrons. The topological polar surface area (TPSA) is 81.2 Å². The lowest BCUT2D eigenvalue weighted by Crippen LogP contribution is -2.60. The molecule has 7 nitrogen and oxygen atoms in total. The molecule has 3 heterocycles. The van der Waals surface area contributed by atoms with Crippen LogP contribution in [0.5, 0.6) is 0 Å². The number of rotatable bonds is 8. The van der Waals surface area contributed by atoms with Gasteiger partial charge in [-0.3, -0.25) is 4.90 Å². The molecule has 1 aromatic carbocycles. The molecule has 2 fully saturated rings. The minimum atomic E-state index is -4.82. The minimum absolute atomic E-state index is 0.0617. The van der Waals surface area contributed by atoms with E-state index in [1.807, 2.05) is 4.90 Å². The van der Waals surface area contributed by atoms with E-state index in [1.54, 1.807) is 29.6 Å². The summed E-state index contributed by atoms with van der Waals surface area (Å²) in [6.45, 7) is 4.14. The number of halogens is 3. The van der Waals surface area contributed by atoms with Crippen LogP contribution >= 0.6 is 11.3 Å². The van der Waals surface area contributed by atoms with Crippen LogP contribution in [0.1, 0.15) is 45.1 Å². The molecule has 2 saturated heterocycles. The van der Waals surface area contributed by atoms with Gasteiger partial charge in [0.1, 0.15) is 10.5 Å². The van der Waals surface area contributed by atoms with Crippen molar-refractivity contribution in [3.05, 3.63) is 47.3 Å². The highest BCUT2D eigenvalue weighted by molar-refractivity contribution is 7.91. The number of aliphatic hydroxyl groups is 1. The highest BCUT2D eigenvalue weighted by atomic mass is 32.2. The zero-order valence-corrected chi connectivity index (χ0v) is 23.1. The Labute approximate surface area is 225 Å². The Morgan fingerprint density at radius 3 is 2.42 bits per heavy atom. The number of hydrogen-bond donors (Lipinski definition) is 1. The summed E-state index contributed by atoms with van der Waals surface area (Å²) in [6.07, 6.45) is -0.627. The number of hydrogen-bond acceptors (Lipinski definition) is 7. The lowest BCUT2D eigenvalue weighted by atomic mass is 9.93. The Kier molecular flexibility index (Phi) is 8.58. The second kappa shape index (κ2) is 11.2. The van der Waals surface area contributed by atoms with Crippen LogP contribution in [-0.4, -0.2) is 79.5 Å². The fraction of sp³-hybridized carbons (Fsp3) is 0.577. The summed E-state index contributed by atoms with van der Waals surface area (Å²) in [7, 11) is -3.69. The van der Waals surface area contributed by atoms with Crippen LogP contribution in [0.3, 0.4) is 0 Å². The van der Waals surface area contributed by atoms with Gasteiger partial charge >= 0.3 is 6.18 Å². The molecular formula is C26H34F3N3O4S2. The van der Waals surface area contributed by atoms with Crippen molar-refractivity contribution in [2.75, 3.05) is 31.1 Å². The zero-order chi connectivity index (χ0) is 27.7. The molecule has 0 bridgehead atoms. The van der Waals surface area contributed by atoms with Gasteiger partial charge in [-0.2, -0.15) is 17.5 Å². The fourth-order valence-electron chi connectivity index (χ4n) is 5.50. The standard InChI is InChI=1S/C26H34F3N3O4S2/c1-19-5-3-6-21(12-15-33)32(19)18-23-17-30(38(35,36)24-7-4-16-37-24)13-14-31(23)22-10-8-20(9-11-22)25(2,34)26(27,28)29/h4,7-11,15-16,19,21,23,34H,3,5-6,12-14,17-18H2,1-2H3/t19?,21?,23-,25?/m1/s1. The van der Waals surface area contributed by atoms with E-state index in [1.165, 1.54) is 16.4 Å². The number of aldehydes is 1. The van der Waals surface area contributed by atoms with Crippen molar-refractivity contribution >= 4 is 33.3 Å². The van der Waals surface area contributed by atoms with Gasteiger partial charge in [0.05, 0.1) is 6.04 Å². The predicted octanol–water partition coefficient (Wildman–Crippen LogP) is 4.23. The fourth-order valence-corrected chi connectivity index (χ4v) is 8.11. The molecule has 1 aromatic heterocycles. The second-order valence-corrected chi connectivity index (χ2v) is 13.4. The highest BCUT2D eigenvalue weighted by Gasteiger charge is 2.51. The molecule has 2 aliphatic rings. The molecule has 1 N–H and O–H groups in total. The maximum atomic E-state index is 13.4. The van der Waals surface area contributed by atoms with Gasteiger partial charge in [0.2, 0.25) is 0 Å². The Hall–Kier alpha value is -1.99. The molecule has 2 aromatic rings. The Balaban J connectivity index is 1.64. The summed E-state index contributed by atoms with van der Waals surface area (Å²) in [5, 5.41) is 11.8. The smallest absolute Gasteiger partial charge is 0.376 e. The molecule has 0 saturated carbocycles. The summed E-state index contributed by atoms with van der Waals surface area (Å²) in [6, 6.07) is 8.91. The number of alkyl halides is 3. The molecule has 4 atom stereocenters. The molecule has 0 radical (unpaired) electrons. The first-order valence-electron chi connectivity index (χ1n) is 12.8. The Bertz CT molecular complexity index is 1190. The van der Waals surface area contributed by atoms with Crippen LogP contribution in [-0.2, 0) is 20.4 Å². The maximum Gasteiger partial charge on any atom is 0.421 e. The number of nitrogens with zero attached hydrogens (tertiary/aromatic N) is 3. The number of carbonyl (C=O) groups excluding carboxylic acids is 1. The normalized spacial score (nSPS) is 25.7. The Morgan fingerprint density at radius 2 is 1.82 bits per heavy atom. The van der Waals surface area contributed by atoms with Crippen molar-refractivity contribution in [2.24, 2.45) is 0 Å². The highest BCUT2D eigenvalue weighted by Crippen LogP contribution is 2.39. The minimum Gasteiger partial charge on any atom is -0.376 e. The third-order valence-corrected chi connectivity index (χ3v) is 11.1. The summed E-state index contributed by atoms with van der Waals surface area (Å²) >= 11 is 1.16. The van der Waals surface area contributed by atoms with Gasteiger partial charge in [-0.1, -0.05) is 24.6 Å². The van der Waals surface area contributed by atoms with Crippen molar-refractivity contribution in [1.82, 2.24) is 9.21 Å².